The topological polar surface area (TPSA) is 51.7 Å². The lowest BCUT2D eigenvalue weighted by Gasteiger charge is -2.26. The first-order chi connectivity index (χ1) is 12.8. The van der Waals surface area contributed by atoms with Gasteiger partial charge in [-0.15, -0.1) is 11.3 Å². The molecule has 1 fully saturated rings. The van der Waals surface area contributed by atoms with Crippen LogP contribution in [-0.4, -0.2) is 22.6 Å². The van der Waals surface area contributed by atoms with Crippen LogP contribution in [0.15, 0.2) is 29.8 Å². The fourth-order valence-corrected chi connectivity index (χ4v) is 4.38. The number of aromatic nitrogens is 1. The van der Waals surface area contributed by atoms with Crippen LogP contribution >= 0.6 is 11.3 Å². The molecule has 1 aliphatic heterocycles. The molecule has 26 heavy (non-hydrogen) atoms. The second kappa shape index (κ2) is 8.08. The van der Waals surface area contributed by atoms with Gasteiger partial charge in [-0.1, -0.05) is 25.3 Å². The van der Waals surface area contributed by atoms with E-state index in [0.717, 1.165) is 22.1 Å². The minimum absolute atomic E-state index is 0.227. The maximum Gasteiger partial charge on any atom is 0.231 e. The summed E-state index contributed by atoms with van der Waals surface area (Å²) < 4.78 is 10.9. The van der Waals surface area contributed by atoms with Gasteiger partial charge in [-0.05, 0) is 36.5 Å². The Kier molecular flexibility index (Phi) is 5.39. The van der Waals surface area contributed by atoms with Gasteiger partial charge in [-0.25, -0.2) is 4.98 Å². The van der Waals surface area contributed by atoms with Crippen molar-refractivity contribution in [3.05, 3.63) is 40.3 Å². The van der Waals surface area contributed by atoms with Crippen molar-refractivity contribution in [2.24, 2.45) is 5.92 Å². The van der Waals surface area contributed by atoms with E-state index in [1.807, 2.05) is 28.5 Å². The van der Waals surface area contributed by atoms with E-state index >= 15 is 0 Å². The van der Waals surface area contributed by atoms with Crippen molar-refractivity contribution in [2.45, 2.75) is 51.6 Å². The molecule has 0 atom stereocenters. The summed E-state index contributed by atoms with van der Waals surface area (Å²) in [6, 6.07) is 5.91. The zero-order chi connectivity index (χ0) is 17.8. The van der Waals surface area contributed by atoms with Crippen LogP contribution in [0, 0.1) is 5.92 Å². The summed E-state index contributed by atoms with van der Waals surface area (Å²) in [6.07, 6.45) is 8.63. The van der Waals surface area contributed by atoms with Gasteiger partial charge in [0.2, 0.25) is 12.7 Å². The van der Waals surface area contributed by atoms with Crippen molar-refractivity contribution in [1.29, 1.82) is 0 Å². The smallest absolute Gasteiger partial charge is 0.231 e. The van der Waals surface area contributed by atoms with Crippen molar-refractivity contribution in [1.82, 2.24) is 9.88 Å². The molecule has 1 saturated carbocycles. The number of carbonyl (C=O) groups is 1. The SMILES string of the molecule is O=C(CC1CCCCC1)N(Cc1ccc2c(c1)OCO2)Cc1nccs1. The van der Waals surface area contributed by atoms with Gasteiger partial charge in [0, 0.05) is 24.5 Å². The molecule has 5 nitrogen and oxygen atoms in total. The molecule has 2 aromatic rings. The summed E-state index contributed by atoms with van der Waals surface area (Å²) >= 11 is 1.60. The fourth-order valence-electron chi connectivity index (χ4n) is 3.75. The number of fused-ring (bicyclic) bond motifs is 1. The van der Waals surface area contributed by atoms with Gasteiger partial charge in [-0.3, -0.25) is 4.79 Å². The Bertz CT molecular complexity index is 742. The van der Waals surface area contributed by atoms with Crippen LogP contribution in [0.25, 0.3) is 0 Å². The van der Waals surface area contributed by atoms with Gasteiger partial charge in [0.15, 0.2) is 11.5 Å². The Morgan fingerprint density at radius 2 is 2.00 bits per heavy atom. The molecule has 0 spiro atoms. The molecule has 6 heteroatoms. The minimum Gasteiger partial charge on any atom is -0.454 e. The van der Waals surface area contributed by atoms with Crippen LogP contribution in [-0.2, 0) is 17.9 Å². The lowest BCUT2D eigenvalue weighted by atomic mass is 9.86. The summed E-state index contributed by atoms with van der Waals surface area (Å²) in [5.41, 5.74) is 1.06. The molecule has 0 saturated heterocycles. The first-order valence-corrected chi connectivity index (χ1v) is 10.2. The number of amides is 1. The van der Waals surface area contributed by atoms with Crippen molar-refractivity contribution in [2.75, 3.05) is 6.79 Å². The quantitative estimate of drug-likeness (QED) is 0.755. The molecule has 0 unspecified atom stereocenters. The highest BCUT2D eigenvalue weighted by Gasteiger charge is 2.23. The minimum atomic E-state index is 0.227. The second-order valence-corrected chi connectivity index (χ2v) is 8.05. The number of rotatable bonds is 6. The molecule has 1 aromatic heterocycles. The number of ether oxygens (including phenoxy) is 2. The fraction of sp³-hybridized carbons (Fsp3) is 0.500. The van der Waals surface area contributed by atoms with Crippen LogP contribution < -0.4 is 9.47 Å². The highest BCUT2D eigenvalue weighted by atomic mass is 32.1. The highest BCUT2D eigenvalue weighted by molar-refractivity contribution is 7.09. The standard InChI is InChI=1S/C20H24N2O3S/c23-20(11-15-4-2-1-3-5-15)22(13-19-21-8-9-26-19)12-16-6-7-17-18(10-16)25-14-24-17/h6-10,15H,1-5,11-14H2. The average molecular weight is 372 g/mol. The van der Waals surface area contributed by atoms with Crippen molar-refractivity contribution < 1.29 is 14.3 Å². The Balaban J connectivity index is 1.47. The van der Waals surface area contributed by atoms with Crippen LogP contribution in [0.3, 0.4) is 0 Å². The monoisotopic (exact) mass is 372 g/mol. The third-order valence-corrected chi connectivity index (χ3v) is 5.93. The van der Waals surface area contributed by atoms with Gasteiger partial charge >= 0.3 is 0 Å². The second-order valence-electron chi connectivity index (χ2n) is 7.07. The molecule has 0 radical (unpaired) electrons. The van der Waals surface area contributed by atoms with Gasteiger partial charge in [0.25, 0.3) is 0 Å². The largest absolute Gasteiger partial charge is 0.454 e. The Morgan fingerprint density at radius 3 is 2.81 bits per heavy atom. The van der Waals surface area contributed by atoms with Crippen molar-refractivity contribution in [3.8, 4) is 11.5 Å². The number of nitrogens with zero attached hydrogens (tertiary/aromatic N) is 2. The van der Waals surface area contributed by atoms with E-state index in [1.54, 1.807) is 17.5 Å². The van der Waals surface area contributed by atoms with Crippen LogP contribution in [0.4, 0.5) is 0 Å². The molecule has 1 aromatic carbocycles. The molecule has 138 valence electrons. The maximum atomic E-state index is 13.0. The number of hydrogen-bond donors (Lipinski definition) is 0. The number of thiazole rings is 1. The summed E-state index contributed by atoms with van der Waals surface area (Å²) in [5, 5.41) is 2.93. The van der Waals surface area contributed by atoms with Gasteiger partial charge in [-0.2, -0.15) is 0 Å². The van der Waals surface area contributed by atoms with Crippen LogP contribution in [0.2, 0.25) is 0 Å². The van der Waals surface area contributed by atoms with Crippen LogP contribution in [0.1, 0.15) is 49.1 Å². The van der Waals surface area contributed by atoms with Crippen LogP contribution in [0.5, 0.6) is 11.5 Å². The van der Waals surface area contributed by atoms with Crippen molar-refractivity contribution in [3.63, 3.8) is 0 Å². The normalized spacial score (nSPS) is 16.6. The molecule has 0 N–H and O–H groups in total. The first kappa shape index (κ1) is 17.3. The number of carbonyl (C=O) groups excluding carboxylic acids is 1. The van der Waals surface area contributed by atoms with E-state index in [1.165, 1.54) is 32.1 Å². The average Bonchev–Trinajstić information content (AvgIpc) is 3.33. The zero-order valence-electron chi connectivity index (χ0n) is 14.9. The zero-order valence-corrected chi connectivity index (χ0v) is 15.7. The molecular formula is C20H24N2O3S. The molecular weight excluding hydrogens is 348 g/mol. The van der Waals surface area contributed by atoms with E-state index in [2.05, 4.69) is 4.98 Å². The van der Waals surface area contributed by atoms with Crippen molar-refractivity contribution >= 4 is 17.2 Å². The maximum absolute atomic E-state index is 13.0. The Hall–Kier alpha value is -2.08. The summed E-state index contributed by atoms with van der Waals surface area (Å²) in [4.78, 5) is 19.3. The van der Waals surface area contributed by atoms with Gasteiger partial charge in [0.1, 0.15) is 5.01 Å². The van der Waals surface area contributed by atoms with E-state index in [4.69, 9.17) is 9.47 Å². The predicted octanol–water partition coefficient (Wildman–Crippen LogP) is 4.37. The lowest BCUT2D eigenvalue weighted by molar-refractivity contribution is -0.133. The molecule has 0 bridgehead atoms. The van der Waals surface area contributed by atoms with E-state index in [9.17, 15) is 4.79 Å². The van der Waals surface area contributed by atoms with E-state index < -0.39 is 0 Å². The molecule has 1 amide bonds. The van der Waals surface area contributed by atoms with E-state index in [0.29, 0.717) is 25.4 Å². The summed E-state index contributed by atoms with van der Waals surface area (Å²) in [7, 11) is 0. The van der Waals surface area contributed by atoms with Gasteiger partial charge < -0.3 is 14.4 Å². The molecule has 1 aliphatic carbocycles. The number of hydrogen-bond acceptors (Lipinski definition) is 5. The molecule has 2 aliphatic rings. The van der Waals surface area contributed by atoms with E-state index in [-0.39, 0.29) is 12.7 Å². The predicted molar refractivity (Wildman–Crippen MR) is 100 cm³/mol. The Labute approximate surface area is 157 Å². The third-order valence-electron chi connectivity index (χ3n) is 5.16. The third kappa shape index (κ3) is 4.18. The lowest BCUT2D eigenvalue weighted by Crippen LogP contribution is -2.31. The Morgan fingerprint density at radius 1 is 1.15 bits per heavy atom. The molecule has 2 heterocycles. The highest BCUT2D eigenvalue weighted by Crippen LogP contribution is 2.33. The summed E-state index contributed by atoms with van der Waals surface area (Å²) in [5.74, 6) is 2.29. The first-order valence-electron chi connectivity index (χ1n) is 9.32. The summed E-state index contributed by atoms with van der Waals surface area (Å²) in [6.45, 7) is 1.40. The molecule has 4 rings (SSSR count). The number of benzene rings is 1. The van der Waals surface area contributed by atoms with Gasteiger partial charge in [0.05, 0.1) is 6.54 Å².